The highest BCUT2D eigenvalue weighted by atomic mass is 16.4. The van der Waals surface area contributed by atoms with Crippen molar-refractivity contribution < 1.29 is 14.7 Å². The van der Waals surface area contributed by atoms with Crippen LogP contribution in [0.1, 0.15) is 33.1 Å². The fourth-order valence-electron chi connectivity index (χ4n) is 1.66. The largest absolute Gasteiger partial charge is 0.481 e. The van der Waals surface area contributed by atoms with E-state index in [1.165, 1.54) is 0 Å². The van der Waals surface area contributed by atoms with E-state index in [4.69, 9.17) is 5.11 Å². The molecule has 0 fully saturated rings. The molecule has 6 nitrogen and oxygen atoms in total. The monoisotopic (exact) mass is 287 g/mol. The molecule has 0 aliphatic rings. The summed E-state index contributed by atoms with van der Waals surface area (Å²) < 4.78 is 0. The van der Waals surface area contributed by atoms with Crippen LogP contribution in [0.3, 0.4) is 0 Å². The lowest BCUT2D eigenvalue weighted by molar-refractivity contribution is -0.137. The first kappa shape index (κ1) is 18.7. The van der Waals surface area contributed by atoms with Gasteiger partial charge < -0.3 is 20.2 Å². The number of carboxylic acid groups (broad SMARTS) is 1. The third-order valence-corrected chi connectivity index (χ3v) is 3.32. The molecule has 0 saturated carbocycles. The van der Waals surface area contributed by atoms with E-state index in [2.05, 4.69) is 5.32 Å². The van der Waals surface area contributed by atoms with Crippen molar-refractivity contribution >= 4 is 12.0 Å². The van der Waals surface area contributed by atoms with Crippen molar-refractivity contribution in [1.82, 2.24) is 15.1 Å². The maximum atomic E-state index is 11.8. The van der Waals surface area contributed by atoms with Crippen molar-refractivity contribution in [3.8, 4) is 0 Å². The zero-order valence-corrected chi connectivity index (χ0v) is 13.4. The molecule has 0 unspecified atom stereocenters. The SMILES string of the molecule is CN(C)CCN(C)C(=O)NCCC(C)(C)CCC(=O)O. The van der Waals surface area contributed by atoms with Gasteiger partial charge in [-0.3, -0.25) is 4.79 Å². The minimum atomic E-state index is -0.773. The quantitative estimate of drug-likeness (QED) is 0.673. The number of hydrogen-bond acceptors (Lipinski definition) is 3. The fourth-order valence-corrected chi connectivity index (χ4v) is 1.66. The van der Waals surface area contributed by atoms with Crippen LogP contribution in [0, 0.1) is 5.41 Å². The third kappa shape index (κ3) is 9.61. The van der Waals surface area contributed by atoms with E-state index < -0.39 is 5.97 Å². The van der Waals surface area contributed by atoms with Crippen LogP contribution in [0.4, 0.5) is 4.79 Å². The molecule has 0 heterocycles. The van der Waals surface area contributed by atoms with Gasteiger partial charge in [0.15, 0.2) is 0 Å². The van der Waals surface area contributed by atoms with Crippen LogP contribution < -0.4 is 5.32 Å². The van der Waals surface area contributed by atoms with Gasteiger partial charge in [-0.15, -0.1) is 0 Å². The molecule has 0 radical (unpaired) electrons. The van der Waals surface area contributed by atoms with Crippen molar-refractivity contribution in [1.29, 1.82) is 0 Å². The van der Waals surface area contributed by atoms with Crippen molar-refractivity contribution in [2.75, 3.05) is 40.8 Å². The van der Waals surface area contributed by atoms with Gasteiger partial charge in [0.05, 0.1) is 0 Å². The van der Waals surface area contributed by atoms with Crippen LogP contribution in [-0.2, 0) is 4.79 Å². The Hall–Kier alpha value is -1.30. The highest BCUT2D eigenvalue weighted by Gasteiger charge is 2.19. The molecule has 20 heavy (non-hydrogen) atoms. The Morgan fingerprint density at radius 3 is 2.20 bits per heavy atom. The summed E-state index contributed by atoms with van der Waals surface area (Å²) >= 11 is 0. The molecule has 0 bridgehead atoms. The third-order valence-electron chi connectivity index (χ3n) is 3.32. The number of aliphatic carboxylic acids is 1. The van der Waals surface area contributed by atoms with Gasteiger partial charge in [0.2, 0.25) is 0 Å². The van der Waals surface area contributed by atoms with Gasteiger partial charge in [-0.25, -0.2) is 4.79 Å². The maximum absolute atomic E-state index is 11.8. The lowest BCUT2D eigenvalue weighted by atomic mass is 9.84. The molecule has 6 heteroatoms. The normalized spacial score (nSPS) is 11.5. The number of carbonyl (C=O) groups is 2. The predicted octanol–water partition coefficient (Wildman–Crippen LogP) is 1.47. The van der Waals surface area contributed by atoms with Gasteiger partial charge in [0.1, 0.15) is 0 Å². The molecule has 0 aliphatic heterocycles. The molecule has 2 amide bonds. The molecule has 0 saturated heterocycles. The average molecular weight is 287 g/mol. The number of likely N-dealkylation sites (N-methyl/N-ethyl adjacent to an activating group) is 2. The van der Waals surface area contributed by atoms with Gasteiger partial charge in [-0.2, -0.15) is 0 Å². The fraction of sp³-hybridized carbons (Fsp3) is 0.857. The zero-order valence-electron chi connectivity index (χ0n) is 13.4. The lowest BCUT2D eigenvalue weighted by Gasteiger charge is -2.25. The zero-order chi connectivity index (χ0) is 15.8. The van der Waals surface area contributed by atoms with Gasteiger partial charge in [-0.1, -0.05) is 13.8 Å². The molecule has 0 atom stereocenters. The second kappa shape index (κ2) is 8.79. The number of urea groups is 1. The van der Waals surface area contributed by atoms with E-state index in [0.29, 0.717) is 19.5 Å². The predicted molar refractivity (Wildman–Crippen MR) is 79.9 cm³/mol. The molecule has 118 valence electrons. The molecule has 0 spiro atoms. The van der Waals surface area contributed by atoms with Crippen LogP contribution in [0.15, 0.2) is 0 Å². The standard InChI is InChI=1S/C14H29N3O3/c1-14(2,7-6-12(18)19)8-9-15-13(20)17(5)11-10-16(3)4/h6-11H2,1-5H3,(H,15,20)(H,18,19). The maximum Gasteiger partial charge on any atom is 0.317 e. The van der Waals surface area contributed by atoms with Crippen LogP contribution in [0.5, 0.6) is 0 Å². The first-order chi connectivity index (χ1) is 9.14. The minimum absolute atomic E-state index is 0.0755. The van der Waals surface area contributed by atoms with Crippen molar-refractivity contribution in [2.45, 2.75) is 33.1 Å². The molecule has 0 aromatic rings. The van der Waals surface area contributed by atoms with Crippen LogP contribution in [0.25, 0.3) is 0 Å². The number of nitrogens with one attached hydrogen (secondary N) is 1. The van der Waals surface area contributed by atoms with E-state index in [0.717, 1.165) is 13.0 Å². The van der Waals surface area contributed by atoms with Crippen LogP contribution in [0.2, 0.25) is 0 Å². The van der Waals surface area contributed by atoms with Crippen molar-refractivity contribution in [2.24, 2.45) is 5.41 Å². The van der Waals surface area contributed by atoms with E-state index in [9.17, 15) is 9.59 Å². The summed E-state index contributed by atoms with van der Waals surface area (Å²) in [6.07, 6.45) is 1.56. The lowest BCUT2D eigenvalue weighted by Crippen LogP contribution is -2.41. The van der Waals surface area contributed by atoms with Crippen LogP contribution in [-0.4, -0.2) is 67.7 Å². The summed E-state index contributed by atoms with van der Waals surface area (Å²) in [4.78, 5) is 26.1. The van der Waals surface area contributed by atoms with Gasteiger partial charge in [-0.05, 0) is 32.4 Å². The van der Waals surface area contributed by atoms with E-state index in [-0.39, 0.29) is 17.9 Å². The number of carbonyl (C=O) groups excluding carboxylic acids is 1. The van der Waals surface area contributed by atoms with Crippen molar-refractivity contribution in [3.05, 3.63) is 0 Å². The molecule has 0 rings (SSSR count). The first-order valence-corrected chi connectivity index (χ1v) is 6.99. The van der Waals surface area contributed by atoms with E-state index in [1.807, 2.05) is 32.8 Å². The summed E-state index contributed by atoms with van der Waals surface area (Å²) in [5, 5.41) is 11.6. The number of rotatable bonds is 9. The van der Waals surface area contributed by atoms with E-state index in [1.54, 1.807) is 11.9 Å². The Labute approximate surface area is 122 Å². The summed E-state index contributed by atoms with van der Waals surface area (Å²) in [6.45, 7) is 6.13. The molecular formula is C14H29N3O3. The Morgan fingerprint density at radius 2 is 1.70 bits per heavy atom. The second-order valence-corrected chi connectivity index (χ2v) is 6.26. The first-order valence-electron chi connectivity index (χ1n) is 6.99. The van der Waals surface area contributed by atoms with Crippen LogP contribution >= 0.6 is 0 Å². The Bertz CT molecular complexity index is 317. The number of nitrogens with zero attached hydrogens (tertiary/aromatic N) is 2. The van der Waals surface area contributed by atoms with Crippen molar-refractivity contribution in [3.63, 3.8) is 0 Å². The second-order valence-electron chi connectivity index (χ2n) is 6.26. The Kier molecular flexibility index (Phi) is 8.22. The smallest absolute Gasteiger partial charge is 0.317 e. The molecule has 0 aromatic carbocycles. The number of amides is 2. The molecule has 0 aliphatic carbocycles. The highest BCUT2D eigenvalue weighted by Crippen LogP contribution is 2.25. The molecule has 0 aromatic heterocycles. The highest BCUT2D eigenvalue weighted by molar-refractivity contribution is 5.73. The summed E-state index contributed by atoms with van der Waals surface area (Å²) in [6, 6.07) is -0.0825. The van der Waals surface area contributed by atoms with E-state index >= 15 is 0 Å². The molecular weight excluding hydrogens is 258 g/mol. The summed E-state index contributed by atoms with van der Waals surface area (Å²) in [7, 11) is 5.71. The average Bonchev–Trinajstić information content (AvgIpc) is 2.33. The number of carboxylic acids is 1. The van der Waals surface area contributed by atoms with Gasteiger partial charge in [0, 0.05) is 33.1 Å². The molecule has 2 N–H and O–H groups in total. The topological polar surface area (TPSA) is 72.9 Å². The minimum Gasteiger partial charge on any atom is -0.481 e. The Balaban J connectivity index is 3.91. The summed E-state index contributed by atoms with van der Waals surface area (Å²) in [5.74, 6) is -0.773. The summed E-state index contributed by atoms with van der Waals surface area (Å²) in [5.41, 5.74) is -0.0755. The number of hydrogen-bond donors (Lipinski definition) is 2. The van der Waals surface area contributed by atoms with Gasteiger partial charge in [0.25, 0.3) is 0 Å². The van der Waals surface area contributed by atoms with Gasteiger partial charge >= 0.3 is 12.0 Å². The Morgan fingerprint density at radius 1 is 1.10 bits per heavy atom.